The minimum atomic E-state index is -0.712. The minimum absolute atomic E-state index is 0.161. The molecule has 62 valence electrons. The minimum Gasteiger partial charge on any atom is -0.438 e. The fourth-order valence-electron chi connectivity index (χ4n) is 0.375. The van der Waals surface area contributed by atoms with E-state index in [4.69, 9.17) is 0 Å². The van der Waals surface area contributed by atoms with Gasteiger partial charge in [-0.25, -0.2) is 9.79 Å². The van der Waals surface area contributed by atoms with E-state index < -0.39 is 6.16 Å². The lowest BCUT2D eigenvalue weighted by Gasteiger charge is -2.04. The zero-order chi connectivity index (χ0) is 8.69. The van der Waals surface area contributed by atoms with Gasteiger partial charge in [0.1, 0.15) is 6.61 Å². The van der Waals surface area contributed by atoms with Crippen LogP contribution < -0.4 is 0 Å². The first kappa shape index (κ1) is 10.1. The average Bonchev–Trinajstić information content (AvgIpc) is 2.01. The molecule has 0 spiro atoms. The van der Waals surface area contributed by atoms with Crippen molar-refractivity contribution in [3.05, 3.63) is 0 Å². The second-order valence-corrected chi connectivity index (χ2v) is 2.02. The van der Waals surface area contributed by atoms with Crippen molar-refractivity contribution in [3.8, 4) is 0 Å². The van der Waals surface area contributed by atoms with Gasteiger partial charge in [0.25, 0.3) is 0 Å². The Balaban J connectivity index is 3.53. The lowest BCUT2D eigenvalue weighted by atomic mass is 10.4. The van der Waals surface area contributed by atoms with Crippen molar-refractivity contribution in [2.45, 2.75) is 13.0 Å². The third-order valence-electron chi connectivity index (χ3n) is 0.882. The molecule has 0 heterocycles. The monoisotopic (exact) mass is 175 g/mol. The van der Waals surface area contributed by atoms with E-state index in [-0.39, 0.29) is 12.6 Å². The van der Waals surface area contributed by atoms with Gasteiger partial charge >= 0.3 is 6.16 Å². The van der Waals surface area contributed by atoms with Gasteiger partial charge in [0, 0.05) is 0 Å². The van der Waals surface area contributed by atoms with E-state index in [9.17, 15) is 4.79 Å². The SMILES string of the molecule is COC(=O)OC[C@H](C)N=C=S. The Kier molecular flexibility index (Phi) is 5.33. The summed E-state index contributed by atoms with van der Waals surface area (Å²) in [6.45, 7) is 1.92. The molecule has 4 nitrogen and oxygen atoms in total. The van der Waals surface area contributed by atoms with Crippen molar-refractivity contribution in [3.63, 3.8) is 0 Å². The van der Waals surface area contributed by atoms with E-state index in [2.05, 4.69) is 31.8 Å². The molecule has 0 aromatic heterocycles. The van der Waals surface area contributed by atoms with Crippen LogP contribution in [-0.4, -0.2) is 31.1 Å². The van der Waals surface area contributed by atoms with Gasteiger partial charge in [-0.15, -0.1) is 0 Å². The van der Waals surface area contributed by atoms with Gasteiger partial charge in [0.2, 0.25) is 0 Å². The quantitative estimate of drug-likeness (QED) is 0.368. The number of hydrogen-bond donors (Lipinski definition) is 0. The Morgan fingerprint density at radius 2 is 2.45 bits per heavy atom. The van der Waals surface area contributed by atoms with Crippen LogP contribution in [0, 0.1) is 0 Å². The molecule has 0 aromatic rings. The molecule has 0 aromatic carbocycles. The van der Waals surface area contributed by atoms with Crippen LogP contribution in [0.4, 0.5) is 4.79 Å². The van der Waals surface area contributed by atoms with E-state index >= 15 is 0 Å². The highest BCUT2D eigenvalue weighted by Gasteiger charge is 2.03. The molecule has 0 fully saturated rings. The molecule has 0 amide bonds. The number of ether oxygens (including phenoxy) is 2. The molecular formula is C6H9NO3S. The van der Waals surface area contributed by atoms with Crippen molar-refractivity contribution in [2.24, 2.45) is 4.99 Å². The Morgan fingerprint density at radius 3 is 2.91 bits per heavy atom. The Bertz CT molecular complexity index is 177. The number of carbonyl (C=O) groups excluding carboxylic acids is 1. The molecule has 0 aliphatic carbocycles. The molecule has 0 N–H and O–H groups in total. The van der Waals surface area contributed by atoms with Gasteiger partial charge in [-0.05, 0) is 19.1 Å². The molecule has 11 heavy (non-hydrogen) atoms. The molecular weight excluding hydrogens is 166 g/mol. The fourth-order valence-corrected chi connectivity index (χ4v) is 0.555. The summed E-state index contributed by atoms with van der Waals surface area (Å²) in [6, 6.07) is -0.161. The molecule has 1 atom stereocenters. The van der Waals surface area contributed by atoms with E-state index in [1.165, 1.54) is 7.11 Å². The number of hydrogen-bond acceptors (Lipinski definition) is 5. The predicted molar refractivity (Wildman–Crippen MR) is 42.8 cm³/mol. The first-order valence-corrected chi connectivity index (χ1v) is 3.39. The second kappa shape index (κ2) is 5.82. The number of thiocarbonyl (C=S) groups is 1. The zero-order valence-electron chi connectivity index (χ0n) is 6.36. The van der Waals surface area contributed by atoms with Crippen molar-refractivity contribution in [2.75, 3.05) is 13.7 Å². The van der Waals surface area contributed by atoms with Crippen LogP contribution in [0.2, 0.25) is 0 Å². The van der Waals surface area contributed by atoms with E-state index in [0.29, 0.717) is 0 Å². The molecule has 0 radical (unpaired) electrons. The van der Waals surface area contributed by atoms with Crippen LogP contribution >= 0.6 is 12.2 Å². The van der Waals surface area contributed by atoms with Crippen LogP contribution in [0.3, 0.4) is 0 Å². The average molecular weight is 175 g/mol. The number of methoxy groups -OCH3 is 1. The number of aliphatic imine (C=N–C) groups is 1. The molecule has 0 saturated carbocycles. The van der Waals surface area contributed by atoms with E-state index in [0.717, 1.165) is 0 Å². The van der Waals surface area contributed by atoms with E-state index in [1.807, 2.05) is 0 Å². The van der Waals surface area contributed by atoms with Gasteiger partial charge in [0.15, 0.2) is 0 Å². The van der Waals surface area contributed by atoms with Crippen molar-refractivity contribution < 1.29 is 14.3 Å². The maximum atomic E-state index is 10.4. The third-order valence-corrected chi connectivity index (χ3v) is 0.988. The maximum Gasteiger partial charge on any atom is 0.508 e. The highest BCUT2D eigenvalue weighted by molar-refractivity contribution is 7.78. The Morgan fingerprint density at radius 1 is 1.82 bits per heavy atom. The number of rotatable bonds is 3. The Labute approximate surface area is 70.2 Å². The molecule has 0 unspecified atom stereocenters. The predicted octanol–water partition coefficient (Wildman–Crippen LogP) is 1.26. The first-order valence-electron chi connectivity index (χ1n) is 2.98. The highest BCUT2D eigenvalue weighted by atomic mass is 32.1. The fraction of sp³-hybridized carbons (Fsp3) is 0.667. The summed E-state index contributed by atoms with van der Waals surface area (Å²) in [5, 5.41) is 2.19. The largest absolute Gasteiger partial charge is 0.508 e. The number of carbonyl (C=O) groups is 1. The molecule has 0 bridgehead atoms. The summed E-state index contributed by atoms with van der Waals surface area (Å²) < 4.78 is 8.79. The lowest BCUT2D eigenvalue weighted by molar-refractivity contribution is 0.0695. The van der Waals surface area contributed by atoms with Gasteiger partial charge in [-0.2, -0.15) is 0 Å². The van der Waals surface area contributed by atoms with Crippen LogP contribution in [0.1, 0.15) is 6.92 Å². The van der Waals surface area contributed by atoms with Crippen LogP contribution in [0.15, 0.2) is 4.99 Å². The summed E-state index contributed by atoms with van der Waals surface area (Å²) in [6.07, 6.45) is -0.712. The van der Waals surface area contributed by atoms with E-state index in [1.54, 1.807) is 6.92 Å². The summed E-state index contributed by atoms with van der Waals surface area (Å²) in [5.74, 6) is 0. The van der Waals surface area contributed by atoms with Gasteiger partial charge in [-0.3, -0.25) is 0 Å². The van der Waals surface area contributed by atoms with Gasteiger partial charge in [0.05, 0.1) is 18.3 Å². The van der Waals surface area contributed by atoms with Crippen molar-refractivity contribution in [1.82, 2.24) is 0 Å². The smallest absolute Gasteiger partial charge is 0.438 e. The van der Waals surface area contributed by atoms with Crippen molar-refractivity contribution >= 4 is 23.5 Å². The highest BCUT2D eigenvalue weighted by Crippen LogP contribution is 1.90. The van der Waals surface area contributed by atoms with Crippen LogP contribution in [0.5, 0.6) is 0 Å². The van der Waals surface area contributed by atoms with Crippen LogP contribution in [0.25, 0.3) is 0 Å². The van der Waals surface area contributed by atoms with Gasteiger partial charge in [-0.1, -0.05) is 0 Å². The second-order valence-electron chi connectivity index (χ2n) is 1.83. The number of isothiocyanates is 1. The standard InChI is InChI=1S/C6H9NO3S/c1-5(7-4-11)3-10-6(8)9-2/h5H,3H2,1-2H3/t5-/m0/s1. The molecule has 0 rings (SSSR count). The zero-order valence-corrected chi connectivity index (χ0v) is 7.18. The van der Waals surface area contributed by atoms with Crippen molar-refractivity contribution in [1.29, 1.82) is 0 Å². The van der Waals surface area contributed by atoms with Crippen LogP contribution in [-0.2, 0) is 9.47 Å². The topological polar surface area (TPSA) is 47.9 Å². The summed E-state index contributed by atoms with van der Waals surface area (Å²) in [5.41, 5.74) is 0. The van der Waals surface area contributed by atoms with Gasteiger partial charge < -0.3 is 9.47 Å². The summed E-state index contributed by atoms with van der Waals surface area (Å²) >= 11 is 4.35. The lowest BCUT2D eigenvalue weighted by Crippen LogP contribution is -2.13. The Hall–Kier alpha value is -0.930. The normalized spacial score (nSPS) is 11.1. The molecule has 0 saturated heterocycles. The third kappa shape index (κ3) is 5.51. The number of nitrogens with zero attached hydrogens (tertiary/aromatic N) is 1. The molecule has 0 aliphatic heterocycles. The first-order chi connectivity index (χ1) is 5.20. The maximum absolute atomic E-state index is 10.4. The summed E-state index contributed by atoms with van der Waals surface area (Å²) in [4.78, 5) is 14.1. The summed E-state index contributed by atoms with van der Waals surface area (Å²) in [7, 11) is 1.25. The molecule has 5 heteroatoms. The molecule has 0 aliphatic rings.